The number of benzene rings is 1. The molecule has 0 bridgehead atoms. The molecule has 0 radical (unpaired) electrons. The molecule has 76 valence electrons. The van der Waals surface area contributed by atoms with Crippen LogP contribution in [0.5, 0.6) is 0 Å². The molecule has 1 N–H and O–H groups in total. The lowest BCUT2D eigenvalue weighted by atomic mass is 10.2. The molecular weight excluding hydrogens is 219 g/mol. The van der Waals surface area contributed by atoms with E-state index in [1.807, 2.05) is 0 Å². The van der Waals surface area contributed by atoms with E-state index < -0.39 is 11.7 Å². The molecule has 0 saturated heterocycles. The number of halogens is 2. The number of hydrogen-bond acceptors (Lipinski definition) is 2. The first-order chi connectivity index (χ1) is 7.04. The van der Waals surface area contributed by atoms with Crippen LogP contribution in [-0.2, 0) is 4.79 Å². The summed E-state index contributed by atoms with van der Waals surface area (Å²) in [4.78, 5) is 11.1. The molecule has 0 aromatic heterocycles. The second-order valence-corrected chi connectivity index (χ2v) is 3.12. The van der Waals surface area contributed by atoms with Gasteiger partial charge in [0.25, 0.3) is 5.91 Å². The fourth-order valence-corrected chi connectivity index (χ4v) is 0.935. The number of nitrogens with one attached hydrogen (secondary N) is 1. The summed E-state index contributed by atoms with van der Waals surface area (Å²) in [5, 5.41) is 10.7. The lowest BCUT2D eigenvalue weighted by Crippen LogP contribution is -2.10. The molecule has 5 heteroatoms. The SMILES string of the molecule is C=C(Cl)C(=O)Nc1ccc(F)c(C#N)c1. The first-order valence-corrected chi connectivity index (χ1v) is 4.28. The van der Waals surface area contributed by atoms with Gasteiger partial charge in [-0.1, -0.05) is 18.2 Å². The fraction of sp³-hybridized carbons (Fsp3) is 0. The van der Waals surface area contributed by atoms with E-state index in [4.69, 9.17) is 16.9 Å². The Labute approximate surface area is 90.8 Å². The fourth-order valence-electron chi connectivity index (χ4n) is 0.888. The van der Waals surface area contributed by atoms with Gasteiger partial charge in [-0.3, -0.25) is 4.79 Å². The van der Waals surface area contributed by atoms with Crippen molar-refractivity contribution >= 4 is 23.2 Å². The van der Waals surface area contributed by atoms with Gasteiger partial charge in [0.15, 0.2) is 0 Å². The standard InChI is InChI=1S/C10H6ClFN2O/c1-6(11)10(15)14-8-2-3-9(12)7(4-8)5-13/h2-4H,1H2,(H,14,15). The zero-order chi connectivity index (χ0) is 11.4. The van der Waals surface area contributed by atoms with Gasteiger partial charge in [0.05, 0.1) is 10.6 Å². The smallest absolute Gasteiger partial charge is 0.266 e. The first kappa shape index (κ1) is 11.2. The molecule has 0 aliphatic rings. The van der Waals surface area contributed by atoms with Crippen LogP contribution in [0.3, 0.4) is 0 Å². The summed E-state index contributed by atoms with van der Waals surface area (Å²) in [7, 11) is 0. The number of hydrogen-bond donors (Lipinski definition) is 1. The highest BCUT2D eigenvalue weighted by atomic mass is 35.5. The summed E-state index contributed by atoms with van der Waals surface area (Å²) in [5.41, 5.74) is 0.146. The summed E-state index contributed by atoms with van der Waals surface area (Å²) in [6, 6.07) is 5.29. The van der Waals surface area contributed by atoms with E-state index in [1.165, 1.54) is 12.1 Å². The molecule has 0 aliphatic carbocycles. The number of anilines is 1. The topological polar surface area (TPSA) is 52.9 Å². The maximum atomic E-state index is 12.9. The van der Waals surface area contributed by atoms with Gasteiger partial charge < -0.3 is 5.32 Å². The van der Waals surface area contributed by atoms with Crippen LogP contribution in [0.4, 0.5) is 10.1 Å². The summed E-state index contributed by atoms with van der Waals surface area (Å²) >= 11 is 5.34. The van der Waals surface area contributed by atoms with Crippen molar-refractivity contribution < 1.29 is 9.18 Å². The van der Waals surface area contributed by atoms with Gasteiger partial charge in [-0.05, 0) is 18.2 Å². The van der Waals surface area contributed by atoms with Crippen molar-refractivity contribution in [3.8, 4) is 6.07 Å². The normalized spacial score (nSPS) is 9.13. The molecule has 0 atom stereocenters. The zero-order valence-electron chi connectivity index (χ0n) is 7.55. The number of nitrogens with zero attached hydrogens (tertiary/aromatic N) is 1. The summed E-state index contributed by atoms with van der Waals surface area (Å²) in [5.74, 6) is -1.23. The molecule has 0 aliphatic heterocycles. The van der Waals surface area contributed by atoms with Crippen molar-refractivity contribution in [3.05, 3.63) is 41.2 Å². The number of nitriles is 1. The Morgan fingerprint density at radius 3 is 2.80 bits per heavy atom. The Bertz CT molecular complexity index is 465. The zero-order valence-corrected chi connectivity index (χ0v) is 8.31. The van der Waals surface area contributed by atoms with Crippen LogP contribution >= 0.6 is 11.6 Å². The number of carbonyl (C=O) groups excluding carboxylic acids is 1. The van der Waals surface area contributed by atoms with Gasteiger partial charge in [-0.25, -0.2) is 4.39 Å². The van der Waals surface area contributed by atoms with Crippen LogP contribution in [0, 0.1) is 17.1 Å². The Kier molecular flexibility index (Phi) is 3.42. The van der Waals surface area contributed by atoms with Gasteiger partial charge in [-0.15, -0.1) is 0 Å². The van der Waals surface area contributed by atoms with Crippen LogP contribution < -0.4 is 5.32 Å². The molecule has 3 nitrogen and oxygen atoms in total. The third-order valence-electron chi connectivity index (χ3n) is 1.59. The van der Waals surface area contributed by atoms with Crippen molar-refractivity contribution in [3.63, 3.8) is 0 Å². The number of amides is 1. The van der Waals surface area contributed by atoms with Crippen molar-refractivity contribution in [2.75, 3.05) is 5.32 Å². The molecule has 15 heavy (non-hydrogen) atoms. The van der Waals surface area contributed by atoms with Crippen molar-refractivity contribution in [2.45, 2.75) is 0 Å². The quantitative estimate of drug-likeness (QED) is 0.785. The minimum atomic E-state index is -0.639. The van der Waals surface area contributed by atoms with E-state index in [0.717, 1.165) is 6.07 Å². The highest BCUT2D eigenvalue weighted by Gasteiger charge is 2.07. The molecule has 0 heterocycles. The molecule has 1 amide bonds. The predicted molar refractivity (Wildman–Crippen MR) is 54.7 cm³/mol. The second-order valence-electron chi connectivity index (χ2n) is 2.67. The van der Waals surface area contributed by atoms with Crippen molar-refractivity contribution in [1.82, 2.24) is 0 Å². The molecule has 0 saturated carbocycles. The highest BCUT2D eigenvalue weighted by molar-refractivity contribution is 6.43. The maximum absolute atomic E-state index is 12.9. The van der Waals surface area contributed by atoms with Crippen LogP contribution in [0.2, 0.25) is 0 Å². The van der Waals surface area contributed by atoms with Crippen LogP contribution in [0.15, 0.2) is 29.8 Å². The minimum absolute atomic E-state index is 0.145. The Balaban J connectivity index is 2.94. The van der Waals surface area contributed by atoms with Gasteiger partial charge in [0.1, 0.15) is 11.9 Å². The van der Waals surface area contributed by atoms with E-state index in [0.29, 0.717) is 5.69 Å². The molecule has 1 aromatic rings. The van der Waals surface area contributed by atoms with E-state index in [1.54, 1.807) is 6.07 Å². The van der Waals surface area contributed by atoms with Crippen molar-refractivity contribution in [2.24, 2.45) is 0 Å². The average Bonchev–Trinajstić information content (AvgIpc) is 2.20. The predicted octanol–water partition coefficient (Wildman–Crippen LogP) is 2.39. The third-order valence-corrected chi connectivity index (χ3v) is 1.76. The largest absolute Gasteiger partial charge is 0.321 e. The monoisotopic (exact) mass is 224 g/mol. The highest BCUT2D eigenvalue weighted by Crippen LogP contribution is 2.14. The minimum Gasteiger partial charge on any atom is -0.321 e. The summed E-state index contributed by atoms with van der Waals surface area (Å²) < 4.78 is 12.9. The van der Waals surface area contributed by atoms with Gasteiger partial charge in [-0.2, -0.15) is 5.26 Å². The lowest BCUT2D eigenvalue weighted by Gasteiger charge is -2.03. The lowest BCUT2D eigenvalue weighted by molar-refractivity contribution is -0.112. The molecular formula is C10H6ClFN2O. The molecule has 0 unspecified atom stereocenters. The van der Waals surface area contributed by atoms with Crippen LogP contribution in [0.25, 0.3) is 0 Å². The number of carbonyl (C=O) groups is 1. The molecule has 1 aromatic carbocycles. The summed E-state index contributed by atoms with van der Waals surface area (Å²) in [6.45, 7) is 3.23. The van der Waals surface area contributed by atoms with Crippen LogP contribution in [0.1, 0.15) is 5.56 Å². The number of rotatable bonds is 2. The van der Waals surface area contributed by atoms with E-state index >= 15 is 0 Å². The van der Waals surface area contributed by atoms with Gasteiger partial charge in [0.2, 0.25) is 0 Å². The van der Waals surface area contributed by atoms with Gasteiger partial charge >= 0.3 is 0 Å². The average molecular weight is 225 g/mol. The van der Waals surface area contributed by atoms with E-state index in [2.05, 4.69) is 11.9 Å². The summed E-state index contributed by atoms with van der Waals surface area (Å²) in [6.07, 6.45) is 0. The van der Waals surface area contributed by atoms with Gasteiger partial charge in [0, 0.05) is 5.69 Å². The third kappa shape index (κ3) is 2.79. The first-order valence-electron chi connectivity index (χ1n) is 3.90. The molecule has 0 spiro atoms. The Morgan fingerprint density at radius 2 is 2.27 bits per heavy atom. The molecule has 1 rings (SSSR count). The second kappa shape index (κ2) is 4.58. The van der Waals surface area contributed by atoms with Crippen LogP contribution in [-0.4, -0.2) is 5.91 Å². The Morgan fingerprint density at radius 1 is 1.60 bits per heavy atom. The maximum Gasteiger partial charge on any atom is 0.266 e. The van der Waals surface area contributed by atoms with E-state index in [-0.39, 0.29) is 10.6 Å². The van der Waals surface area contributed by atoms with E-state index in [9.17, 15) is 9.18 Å². The Hall–Kier alpha value is -1.86. The molecule has 0 fully saturated rings. The van der Waals surface area contributed by atoms with Crippen molar-refractivity contribution in [1.29, 1.82) is 5.26 Å².